The molecule has 1 saturated heterocycles. The van der Waals surface area contributed by atoms with Crippen LogP contribution >= 0.6 is 0 Å². The highest BCUT2D eigenvalue weighted by molar-refractivity contribution is 6.09. The molecule has 0 aliphatic carbocycles. The lowest BCUT2D eigenvalue weighted by atomic mass is 10.0. The molecule has 5 N–H and O–H groups in total. The van der Waals surface area contributed by atoms with E-state index in [1.54, 1.807) is 20.8 Å². The van der Waals surface area contributed by atoms with Crippen molar-refractivity contribution in [3.63, 3.8) is 0 Å². The fourth-order valence-corrected chi connectivity index (χ4v) is 4.31. The van der Waals surface area contributed by atoms with Crippen LogP contribution in [0.15, 0.2) is 48.5 Å². The number of imide groups is 1. The first kappa shape index (κ1) is 29.2. The van der Waals surface area contributed by atoms with Gasteiger partial charge >= 0.3 is 6.09 Å². The maximum atomic E-state index is 13.7. The molecule has 0 unspecified atom stereocenters. The Morgan fingerprint density at radius 1 is 1.13 bits per heavy atom. The van der Waals surface area contributed by atoms with Crippen molar-refractivity contribution >= 4 is 29.7 Å². The summed E-state index contributed by atoms with van der Waals surface area (Å²) in [5, 5.41) is 12.6. The number of nitrogen functional groups attached to an aromatic ring is 1. The second kappa shape index (κ2) is 12.4. The Morgan fingerprint density at radius 3 is 2.44 bits per heavy atom. The second-order valence-corrected chi connectivity index (χ2v) is 10.2. The zero-order valence-corrected chi connectivity index (χ0v) is 22.6. The lowest BCUT2D eigenvalue weighted by Gasteiger charge is -2.29. The fourth-order valence-electron chi connectivity index (χ4n) is 4.31. The standard InChI is InChI=1S/C28H35N5O6/c1-28(2,3)39-27(37)31-20(15-17-9-6-5-7-10-17)26(36)33-14-8-11-21(33)25(35)32-24(34)19-13-12-18(23(29)30)16-22(19)38-4/h5-7,9-10,12-13,16,20-21H,8,11,14-15H2,1-4H3,(H3,29,30)(H,31,37)(H,32,34,35)/t20-,21-/m0/s1. The minimum absolute atomic E-state index is 0.0836. The Kier molecular flexibility index (Phi) is 9.29. The number of amides is 4. The Balaban J connectivity index is 1.77. The van der Waals surface area contributed by atoms with Gasteiger partial charge in [-0.05, 0) is 51.3 Å². The third-order valence-electron chi connectivity index (χ3n) is 6.10. The number of amidine groups is 1. The van der Waals surface area contributed by atoms with Crippen molar-refractivity contribution < 1.29 is 28.7 Å². The van der Waals surface area contributed by atoms with Crippen LogP contribution in [0.25, 0.3) is 0 Å². The molecule has 1 aliphatic heterocycles. The highest BCUT2D eigenvalue weighted by Gasteiger charge is 2.39. The van der Waals surface area contributed by atoms with Gasteiger partial charge in [-0.1, -0.05) is 36.4 Å². The number of nitrogens with two attached hydrogens (primary N) is 1. The first-order valence-electron chi connectivity index (χ1n) is 12.6. The maximum Gasteiger partial charge on any atom is 0.408 e. The van der Waals surface area contributed by atoms with Crippen LogP contribution in [-0.2, 0) is 20.7 Å². The summed E-state index contributed by atoms with van der Waals surface area (Å²) in [6, 6.07) is 11.6. The molecule has 39 heavy (non-hydrogen) atoms. The maximum absolute atomic E-state index is 13.7. The van der Waals surface area contributed by atoms with Crippen LogP contribution in [-0.4, -0.2) is 65.9 Å². The number of hydrogen-bond acceptors (Lipinski definition) is 7. The van der Waals surface area contributed by atoms with Gasteiger partial charge in [-0.25, -0.2) is 4.79 Å². The van der Waals surface area contributed by atoms with E-state index in [1.807, 2.05) is 30.3 Å². The van der Waals surface area contributed by atoms with Crippen LogP contribution in [0.1, 0.15) is 55.1 Å². The molecular weight excluding hydrogens is 502 g/mol. The topological polar surface area (TPSA) is 164 Å². The number of ether oxygens (including phenoxy) is 2. The molecule has 0 spiro atoms. The molecule has 0 radical (unpaired) electrons. The molecule has 2 atom stereocenters. The normalized spacial score (nSPS) is 15.7. The third kappa shape index (κ3) is 7.79. The van der Waals surface area contributed by atoms with E-state index >= 15 is 0 Å². The van der Waals surface area contributed by atoms with Crippen molar-refractivity contribution in [1.29, 1.82) is 5.41 Å². The van der Waals surface area contributed by atoms with Crippen LogP contribution in [0.3, 0.4) is 0 Å². The molecule has 0 saturated carbocycles. The predicted molar refractivity (Wildman–Crippen MR) is 145 cm³/mol. The van der Waals surface area contributed by atoms with E-state index in [9.17, 15) is 19.2 Å². The van der Waals surface area contributed by atoms with Crippen molar-refractivity contribution in [2.75, 3.05) is 13.7 Å². The Labute approximate surface area is 227 Å². The van der Waals surface area contributed by atoms with Gasteiger partial charge in [0, 0.05) is 18.5 Å². The van der Waals surface area contributed by atoms with Gasteiger partial charge in [-0.3, -0.25) is 25.1 Å². The van der Waals surface area contributed by atoms with Crippen LogP contribution in [0.5, 0.6) is 5.75 Å². The predicted octanol–water partition coefficient (Wildman–Crippen LogP) is 2.36. The summed E-state index contributed by atoms with van der Waals surface area (Å²) in [5.41, 5.74) is 6.02. The molecular formula is C28H35N5O6. The zero-order valence-electron chi connectivity index (χ0n) is 22.6. The van der Waals surface area contributed by atoms with Gasteiger partial charge in [-0.15, -0.1) is 0 Å². The first-order valence-corrected chi connectivity index (χ1v) is 12.6. The van der Waals surface area contributed by atoms with Crippen LogP contribution < -0.4 is 21.1 Å². The Bertz CT molecular complexity index is 1240. The van der Waals surface area contributed by atoms with Crippen LogP contribution in [0.2, 0.25) is 0 Å². The molecule has 4 amide bonds. The van der Waals surface area contributed by atoms with Crippen LogP contribution in [0, 0.1) is 5.41 Å². The highest BCUT2D eigenvalue weighted by atomic mass is 16.6. The smallest absolute Gasteiger partial charge is 0.408 e. The average molecular weight is 538 g/mol. The number of nitrogens with zero attached hydrogens (tertiary/aromatic N) is 1. The van der Waals surface area contributed by atoms with Gasteiger partial charge in [0.2, 0.25) is 11.8 Å². The van der Waals surface area contributed by atoms with Gasteiger partial charge in [0.1, 0.15) is 29.3 Å². The molecule has 11 heteroatoms. The molecule has 0 aromatic heterocycles. The number of nitrogens with one attached hydrogen (secondary N) is 3. The van der Waals surface area contributed by atoms with E-state index < -0.39 is 41.5 Å². The SMILES string of the molecule is COc1cc(C(=N)N)ccc1C(=O)NC(=O)[C@@H]1CCCN1C(=O)[C@H](Cc1ccccc1)NC(=O)OC(C)(C)C. The van der Waals surface area contributed by atoms with E-state index in [-0.39, 0.29) is 23.6 Å². The Hall–Kier alpha value is -4.41. The molecule has 0 bridgehead atoms. The molecule has 208 valence electrons. The molecule has 11 nitrogen and oxygen atoms in total. The van der Waals surface area contributed by atoms with E-state index in [0.29, 0.717) is 24.9 Å². The number of carbonyl (C=O) groups is 4. The number of rotatable bonds is 8. The van der Waals surface area contributed by atoms with Crippen molar-refractivity contribution in [2.24, 2.45) is 5.73 Å². The quantitative estimate of drug-likeness (QED) is 0.228. The monoisotopic (exact) mass is 537 g/mol. The van der Waals surface area contributed by atoms with E-state index in [2.05, 4.69) is 10.6 Å². The molecule has 2 aromatic rings. The second-order valence-electron chi connectivity index (χ2n) is 10.2. The fraction of sp³-hybridized carbons (Fsp3) is 0.393. The lowest BCUT2D eigenvalue weighted by Crippen LogP contribution is -2.55. The number of hydrogen-bond donors (Lipinski definition) is 4. The first-order chi connectivity index (χ1) is 18.4. The summed E-state index contributed by atoms with van der Waals surface area (Å²) in [6.07, 6.45) is 0.366. The summed E-state index contributed by atoms with van der Waals surface area (Å²) in [7, 11) is 1.36. The molecule has 1 heterocycles. The molecule has 2 aromatic carbocycles. The molecule has 1 fully saturated rings. The number of benzene rings is 2. The number of methoxy groups -OCH3 is 1. The number of carbonyl (C=O) groups excluding carboxylic acids is 4. The van der Waals surface area contributed by atoms with Crippen molar-refractivity contribution in [3.05, 3.63) is 65.2 Å². The number of likely N-dealkylation sites (tertiary alicyclic amines) is 1. The zero-order chi connectivity index (χ0) is 28.7. The van der Waals surface area contributed by atoms with Crippen molar-refractivity contribution in [3.8, 4) is 5.75 Å². The van der Waals surface area contributed by atoms with Crippen LogP contribution in [0.4, 0.5) is 4.79 Å². The average Bonchev–Trinajstić information content (AvgIpc) is 3.37. The van der Waals surface area contributed by atoms with Gasteiger partial charge in [-0.2, -0.15) is 0 Å². The molecule has 1 aliphatic rings. The number of alkyl carbamates (subject to hydrolysis) is 1. The Morgan fingerprint density at radius 2 is 1.82 bits per heavy atom. The summed E-state index contributed by atoms with van der Waals surface area (Å²) in [6.45, 7) is 5.46. The summed E-state index contributed by atoms with van der Waals surface area (Å²) < 4.78 is 10.6. The van der Waals surface area contributed by atoms with Gasteiger partial charge in [0.05, 0.1) is 12.7 Å². The lowest BCUT2D eigenvalue weighted by molar-refractivity contribution is -0.139. The summed E-state index contributed by atoms with van der Waals surface area (Å²) in [4.78, 5) is 53.7. The van der Waals surface area contributed by atoms with E-state index in [1.165, 1.54) is 30.2 Å². The summed E-state index contributed by atoms with van der Waals surface area (Å²) in [5.74, 6) is -1.84. The largest absolute Gasteiger partial charge is 0.496 e. The van der Waals surface area contributed by atoms with Gasteiger partial charge in [0.25, 0.3) is 5.91 Å². The minimum atomic E-state index is -0.981. The highest BCUT2D eigenvalue weighted by Crippen LogP contribution is 2.23. The van der Waals surface area contributed by atoms with E-state index in [0.717, 1.165) is 5.56 Å². The van der Waals surface area contributed by atoms with Gasteiger partial charge in [0.15, 0.2) is 0 Å². The van der Waals surface area contributed by atoms with Gasteiger partial charge < -0.3 is 25.4 Å². The van der Waals surface area contributed by atoms with Crippen molar-refractivity contribution in [2.45, 2.75) is 57.7 Å². The van der Waals surface area contributed by atoms with Crippen molar-refractivity contribution in [1.82, 2.24) is 15.5 Å². The van der Waals surface area contributed by atoms with E-state index in [4.69, 9.17) is 20.6 Å². The molecule has 3 rings (SSSR count). The minimum Gasteiger partial charge on any atom is -0.496 e. The summed E-state index contributed by atoms with van der Waals surface area (Å²) >= 11 is 0. The third-order valence-corrected chi connectivity index (χ3v) is 6.10.